The van der Waals surface area contributed by atoms with Crippen molar-refractivity contribution in [2.75, 3.05) is 52.9 Å². The number of hydrogen-bond donors (Lipinski definition) is 5. The zero-order valence-corrected chi connectivity index (χ0v) is 64.8. The highest BCUT2D eigenvalue weighted by Gasteiger charge is 2.52. The van der Waals surface area contributed by atoms with Gasteiger partial charge in [0.15, 0.2) is 6.29 Å². The second-order valence-corrected chi connectivity index (χ2v) is 26.8. The van der Waals surface area contributed by atoms with Crippen molar-refractivity contribution in [2.24, 2.45) is 0 Å². The van der Waals surface area contributed by atoms with Gasteiger partial charge >= 0.3 is 41.8 Å². The Kier molecular flexibility index (Phi) is 36.7. The normalized spacial score (nSPS) is 12.4. The standard InChI is InChI=1S/C92H100O24/c1-5-81(93)109-61-21-13-9-17-57-105-73-41-25-65(26-42-73)87(99)113-77-49-33-69(34-50-77)91(103,70-35-51-78(52-36-70)114-88(100)66-27-43-74(44-28-66)106-58-18-10-14-22-62-110-82(94)6-2)85(97)86(98)92(104,71-37-53-79(54-38-71)115-89(101)67-29-45-75(46-30-67)107-59-19-11-15-23-63-111-83(95)7-3)72-39-55-80(56-40-72)116-90(102)68-31-47-76(48-32-68)108-60-20-12-16-24-64-112-84(96)8-4/h5-8,25-56,81,85-86,93,97-98,103-104H,1-4,9-24,57-64H2. The van der Waals surface area contributed by atoms with Crippen LogP contribution in [0.5, 0.6) is 46.0 Å². The first kappa shape index (κ1) is 89.5. The molecule has 116 heavy (non-hydrogen) atoms. The van der Waals surface area contributed by atoms with Gasteiger partial charge in [-0.3, -0.25) is 0 Å². The van der Waals surface area contributed by atoms with Crippen LogP contribution in [0, 0.1) is 0 Å². The van der Waals surface area contributed by atoms with Crippen LogP contribution in [0.3, 0.4) is 0 Å². The van der Waals surface area contributed by atoms with E-state index in [2.05, 4.69) is 26.3 Å². The summed E-state index contributed by atoms with van der Waals surface area (Å²) < 4.78 is 67.0. The number of esters is 7. The van der Waals surface area contributed by atoms with Gasteiger partial charge in [-0.2, -0.15) is 0 Å². The molecule has 0 amide bonds. The van der Waals surface area contributed by atoms with Crippen molar-refractivity contribution in [2.45, 2.75) is 132 Å². The molecule has 0 saturated heterocycles. The van der Waals surface area contributed by atoms with E-state index in [-0.39, 0.29) is 67.5 Å². The maximum Gasteiger partial charge on any atom is 0.343 e. The summed E-state index contributed by atoms with van der Waals surface area (Å²) >= 11 is 0. The average molecular weight is 1590 g/mol. The van der Waals surface area contributed by atoms with Crippen LogP contribution >= 0.6 is 0 Å². The van der Waals surface area contributed by atoms with E-state index in [4.69, 9.17) is 56.8 Å². The minimum atomic E-state index is -2.71. The largest absolute Gasteiger partial charge is 0.494 e. The van der Waals surface area contributed by atoms with Gasteiger partial charge in [-0.15, -0.1) is 0 Å². The van der Waals surface area contributed by atoms with E-state index in [1.807, 2.05) is 0 Å². The predicted molar refractivity (Wildman–Crippen MR) is 431 cm³/mol. The van der Waals surface area contributed by atoms with Gasteiger partial charge < -0.3 is 82.4 Å². The Balaban J connectivity index is 1.03. The van der Waals surface area contributed by atoms with Crippen LogP contribution in [-0.2, 0) is 44.5 Å². The van der Waals surface area contributed by atoms with Crippen molar-refractivity contribution in [3.8, 4) is 46.0 Å². The Morgan fingerprint density at radius 3 is 0.681 bits per heavy atom. The van der Waals surface area contributed by atoms with Crippen LogP contribution in [0.1, 0.15) is 166 Å². The summed E-state index contributed by atoms with van der Waals surface area (Å²) in [6.07, 6.45) is 11.4. The molecule has 0 heterocycles. The summed E-state index contributed by atoms with van der Waals surface area (Å²) in [5, 5.41) is 62.6. The average Bonchev–Trinajstić information content (AvgIpc) is 0.737. The monoisotopic (exact) mass is 1590 g/mol. The Hall–Kier alpha value is -12.0. The minimum absolute atomic E-state index is 0.00943. The number of benzene rings is 8. The molecular formula is C92H100O24. The second kappa shape index (κ2) is 47.6. The van der Waals surface area contributed by atoms with E-state index in [1.54, 1.807) is 60.7 Å². The topological polar surface area (TPSA) is 331 Å². The molecule has 0 aliphatic rings. The van der Waals surface area contributed by atoms with E-state index in [0.717, 1.165) is 102 Å². The lowest BCUT2D eigenvalue weighted by molar-refractivity contribution is -0.167. The summed E-state index contributed by atoms with van der Waals surface area (Å²) in [5.74, 6) is -2.25. The summed E-state index contributed by atoms with van der Waals surface area (Å²) in [5.41, 5.74) is -5.09. The van der Waals surface area contributed by atoms with Crippen LogP contribution in [0.15, 0.2) is 245 Å². The van der Waals surface area contributed by atoms with Crippen molar-refractivity contribution in [3.05, 3.63) is 289 Å². The Bertz CT molecular complexity index is 4110. The number of rotatable bonds is 52. The van der Waals surface area contributed by atoms with E-state index in [9.17, 15) is 59.1 Å². The Morgan fingerprint density at radius 1 is 0.276 bits per heavy atom. The molecule has 0 saturated carbocycles. The summed E-state index contributed by atoms with van der Waals surface area (Å²) in [4.78, 5) is 88.5. The van der Waals surface area contributed by atoms with Crippen molar-refractivity contribution >= 4 is 41.8 Å². The molecule has 8 aromatic carbocycles. The molecule has 4 atom stereocenters. The highest BCUT2D eigenvalue weighted by atomic mass is 16.6. The lowest BCUT2D eigenvalue weighted by atomic mass is 9.72. The first-order valence-electron chi connectivity index (χ1n) is 38.6. The summed E-state index contributed by atoms with van der Waals surface area (Å²) in [7, 11) is 0. The van der Waals surface area contributed by atoms with Gasteiger partial charge in [0.2, 0.25) is 0 Å². The number of ether oxygens (including phenoxy) is 12. The fourth-order valence-corrected chi connectivity index (χ4v) is 12.0. The highest BCUT2D eigenvalue weighted by molar-refractivity contribution is 5.93. The lowest BCUT2D eigenvalue weighted by Crippen LogP contribution is -2.56. The number of carbonyl (C=O) groups excluding carboxylic acids is 7. The van der Waals surface area contributed by atoms with Gasteiger partial charge in [0.1, 0.15) is 69.4 Å². The molecule has 0 aromatic heterocycles. The number of unbranched alkanes of at least 4 members (excludes halogenated alkanes) is 12. The first-order valence-corrected chi connectivity index (χ1v) is 38.6. The van der Waals surface area contributed by atoms with E-state index in [1.165, 1.54) is 140 Å². The molecule has 0 fully saturated rings. The molecule has 0 aliphatic heterocycles. The smallest absolute Gasteiger partial charge is 0.343 e. The van der Waals surface area contributed by atoms with Gasteiger partial charge in [0.05, 0.1) is 75.1 Å². The van der Waals surface area contributed by atoms with Crippen LogP contribution in [-0.4, -0.2) is 139 Å². The van der Waals surface area contributed by atoms with E-state index >= 15 is 0 Å². The summed E-state index contributed by atoms with van der Waals surface area (Å²) in [6, 6.07) is 47.0. The SMILES string of the molecule is C=CC(=O)OCCCCCCOc1ccc(C(=O)Oc2ccc(C(O)(c3ccc(OC(=O)c4ccc(OCCCCCCOC(=O)C=C)cc4)cc3)C(O)C(O)C(O)(c3ccc(OC(=O)c4ccc(OCCCCCCOC(=O)C=C)cc4)cc3)c3ccc(OC(=O)c4ccc(OCCCCCCOC(O)C=C)cc4)cc3)cc2)cc1. The Morgan fingerprint density at radius 2 is 0.474 bits per heavy atom. The maximum atomic E-state index is 13.7. The quantitative estimate of drug-likeness (QED) is 0.00450. The fraction of sp³-hybridized carbons (Fsp3) is 0.315. The van der Waals surface area contributed by atoms with Gasteiger partial charge in [0.25, 0.3) is 0 Å². The highest BCUT2D eigenvalue weighted by Crippen LogP contribution is 2.44. The Labute approximate surface area is 675 Å². The van der Waals surface area contributed by atoms with Crippen LogP contribution in [0.4, 0.5) is 0 Å². The molecule has 0 aliphatic carbocycles. The van der Waals surface area contributed by atoms with Gasteiger partial charge in [0, 0.05) is 18.2 Å². The fourth-order valence-electron chi connectivity index (χ4n) is 12.0. The third-order valence-electron chi connectivity index (χ3n) is 18.5. The second-order valence-electron chi connectivity index (χ2n) is 26.8. The summed E-state index contributed by atoms with van der Waals surface area (Å²) in [6.45, 7) is 16.6. The van der Waals surface area contributed by atoms with E-state index < -0.39 is 71.5 Å². The molecule has 612 valence electrons. The van der Waals surface area contributed by atoms with Crippen molar-refractivity contribution < 1.29 is 116 Å². The van der Waals surface area contributed by atoms with Crippen LogP contribution in [0.2, 0.25) is 0 Å². The lowest BCUT2D eigenvalue weighted by Gasteiger charge is -2.43. The molecule has 0 radical (unpaired) electrons. The molecule has 8 rings (SSSR count). The van der Waals surface area contributed by atoms with Crippen LogP contribution < -0.4 is 37.9 Å². The maximum absolute atomic E-state index is 13.7. The number of aliphatic hydroxyl groups is 5. The third-order valence-corrected chi connectivity index (χ3v) is 18.5. The molecule has 24 nitrogen and oxygen atoms in total. The van der Waals surface area contributed by atoms with Crippen molar-refractivity contribution in [1.82, 2.24) is 0 Å². The van der Waals surface area contributed by atoms with Crippen molar-refractivity contribution in [3.63, 3.8) is 0 Å². The van der Waals surface area contributed by atoms with Gasteiger partial charge in [-0.05, 0) is 270 Å². The number of aliphatic hydroxyl groups excluding tert-OH is 3. The zero-order valence-electron chi connectivity index (χ0n) is 64.8. The molecule has 0 spiro atoms. The molecular weight excluding hydrogens is 1490 g/mol. The number of hydrogen-bond acceptors (Lipinski definition) is 24. The predicted octanol–water partition coefficient (Wildman–Crippen LogP) is 14.9. The third kappa shape index (κ3) is 28.2. The van der Waals surface area contributed by atoms with Gasteiger partial charge in [-0.25, -0.2) is 33.6 Å². The number of carbonyl (C=O) groups is 7. The van der Waals surface area contributed by atoms with Gasteiger partial charge in [-0.1, -0.05) is 81.3 Å². The minimum Gasteiger partial charge on any atom is -0.494 e. The molecule has 4 unspecified atom stereocenters. The van der Waals surface area contributed by atoms with Crippen LogP contribution in [0.25, 0.3) is 0 Å². The molecule has 0 bridgehead atoms. The molecule has 5 N–H and O–H groups in total. The molecule has 24 heteroatoms. The zero-order chi connectivity index (χ0) is 82.9. The first-order chi connectivity index (χ1) is 56.2. The van der Waals surface area contributed by atoms with E-state index in [0.29, 0.717) is 95.1 Å². The molecule has 8 aromatic rings. The van der Waals surface area contributed by atoms with Crippen molar-refractivity contribution in [1.29, 1.82) is 0 Å².